The summed E-state index contributed by atoms with van der Waals surface area (Å²) >= 11 is 0. The topological polar surface area (TPSA) is 62.4 Å². The van der Waals surface area contributed by atoms with Crippen LogP contribution in [0.5, 0.6) is 0 Å². The van der Waals surface area contributed by atoms with Crippen LogP contribution in [0.3, 0.4) is 0 Å². The summed E-state index contributed by atoms with van der Waals surface area (Å²) in [6.07, 6.45) is 2.99. The molecule has 0 amide bonds. The van der Waals surface area contributed by atoms with Crippen molar-refractivity contribution in [3.63, 3.8) is 0 Å². The first-order chi connectivity index (χ1) is 4.84. The third kappa shape index (κ3) is 1.48. The van der Waals surface area contributed by atoms with Crippen molar-refractivity contribution < 1.29 is 0 Å². The van der Waals surface area contributed by atoms with Crippen LogP contribution in [0.1, 0.15) is 6.42 Å². The van der Waals surface area contributed by atoms with Crippen molar-refractivity contribution in [3.05, 3.63) is 11.8 Å². The summed E-state index contributed by atoms with van der Waals surface area (Å²) in [5, 5.41) is 0. The number of rotatable bonds is 2. The van der Waals surface area contributed by atoms with Crippen LogP contribution in [0.4, 0.5) is 0 Å². The molecule has 1 aliphatic rings. The third-order valence-corrected chi connectivity index (χ3v) is 1.30. The molecule has 0 saturated carbocycles. The fourth-order valence-electron chi connectivity index (χ4n) is 0.833. The van der Waals surface area contributed by atoms with Gasteiger partial charge in [0.15, 0.2) is 0 Å². The van der Waals surface area contributed by atoms with Gasteiger partial charge >= 0.3 is 0 Å². The van der Waals surface area contributed by atoms with E-state index >= 15 is 0 Å². The first-order valence-electron chi connectivity index (χ1n) is 3.28. The number of amidine groups is 1. The molecule has 0 saturated heterocycles. The molecule has 1 rings (SSSR count). The number of aliphatic imine (C=N–C) groups is 1. The van der Waals surface area contributed by atoms with Gasteiger partial charge in [-0.2, -0.15) is 0 Å². The highest BCUT2D eigenvalue weighted by Crippen LogP contribution is 1.99. The van der Waals surface area contributed by atoms with Crippen LogP contribution in [0.25, 0.3) is 0 Å². The average Bonchev–Trinajstić information content (AvgIpc) is 1.94. The second-order valence-electron chi connectivity index (χ2n) is 2.05. The highest BCUT2D eigenvalue weighted by Gasteiger charge is 2.03. The standard InChI is InChI=1S/C6H12N4/c1-8-10-5-3-2-4-9-6(5)7/h3,8,10H,2,4H2,1H3,(H2,7,9). The molecule has 0 aromatic heterocycles. The van der Waals surface area contributed by atoms with Gasteiger partial charge in [-0.3, -0.25) is 4.99 Å². The Hall–Kier alpha value is -1.03. The van der Waals surface area contributed by atoms with Gasteiger partial charge in [-0.05, 0) is 6.42 Å². The summed E-state index contributed by atoms with van der Waals surface area (Å²) in [5.41, 5.74) is 12.1. The number of nitrogens with zero attached hydrogens (tertiary/aromatic N) is 1. The fraction of sp³-hybridized carbons (Fsp3) is 0.500. The Labute approximate surface area is 60.2 Å². The predicted molar refractivity (Wildman–Crippen MR) is 41.4 cm³/mol. The van der Waals surface area contributed by atoms with Gasteiger partial charge in [0.05, 0.1) is 5.70 Å². The highest BCUT2D eigenvalue weighted by atomic mass is 15.3. The molecular formula is C6H12N4. The van der Waals surface area contributed by atoms with Crippen LogP contribution in [0.2, 0.25) is 0 Å². The molecule has 0 radical (unpaired) electrons. The van der Waals surface area contributed by atoms with Gasteiger partial charge in [0.2, 0.25) is 0 Å². The Kier molecular flexibility index (Phi) is 2.28. The Morgan fingerprint density at radius 3 is 3.10 bits per heavy atom. The fourth-order valence-corrected chi connectivity index (χ4v) is 0.833. The van der Waals surface area contributed by atoms with Gasteiger partial charge in [-0.25, -0.2) is 5.43 Å². The molecule has 4 N–H and O–H groups in total. The number of nitrogens with two attached hydrogens (primary N) is 1. The van der Waals surface area contributed by atoms with Crippen molar-refractivity contribution in [3.8, 4) is 0 Å². The summed E-state index contributed by atoms with van der Waals surface area (Å²) in [4.78, 5) is 4.05. The van der Waals surface area contributed by atoms with Crippen molar-refractivity contribution >= 4 is 5.84 Å². The largest absolute Gasteiger partial charge is 0.382 e. The Bertz CT molecular complexity index is 171. The lowest BCUT2D eigenvalue weighted by Crippen LogP contribution is -2.35. The SMILES string of the molecule is CNNC1=CCCN=C1N. The van der Waals surface area contributed by atoms with E-state index in [0.717, 1.165) is 18.7 Å². The smallest absolute Gasteiger partial charge is 0.143 e. The van der Waals surface area contributed by atoms with E-state index in [1.807, 2.05) is 6.08 Å². The van der Waals surface area contributed by atoms with Gasteiger partial charge < -0.3 is 11.2 Å². The Balaban J connectivity index is 2.56. The van der Waals surface area contributed by atoms with E-state index in [1.54, 1.807) is 7.05 Å². The zero-order valence-corrected chi connectivity index (χ0v) is 6.02. The van der Waals surface area contributed by atoms with Crippen molar-refractivity contribution in [1.29, 1.82) is 0 Å². The van der Waals surface area contributed by atoms with Crippen LogP contribution < -0.4 is 16.6 Å². The second-order valence-corrected chi connectivity index (χ2v) is 2.05. The molecule has 0 unspecified atom stereocenters. The number of hydrazine groups is 1. The van der Waals surface area contributed by atoms with E-state index in [4.69, 9.17) is 5.73 Å². The number of nitrogens with one attached hydrogen (secondary N) is 2. The van der Waals surface area contributed by atoms with E-state index in [-0.39, 0.29) is 0 Å². The minimum absolute atomic E-state index is 0.584. The Morgan fingerprint density at radius 1 is 1.70 bits per heavy atom. The molecule has 56 valence electrons. The highest BCUT2D eigenvalue weighted by molar-refractivity contribution is 5.96. The summed E-state index contributed by atoms with van der Waals surface area (Å²) in [7, 11) is 1.79. The maximum Gasteiger partial charge on any atom is 0.143 e. The van der Waals surface area contributed by atoms with Crippen LogP contribution in [-0.4, -0.2) is 19.4 Å². The van der Waals surface area contributed by atoms with Crippen LogP contribution >= 0.6 is 0 Å². The zero-order chi connectivity index (χ0) is 7.40. The molecule has 4 nitrogen and oxygen atoms in total. The first kappa shape index (κ1) is 7.08. The predicted octanol–water partition coefficient (Wildman–Crippen LogP) is -0.645. The number of hydrogen-bond acceptors (Lipinski definition) is 4. The number of hydrogen-bond donors (Lipinski definition) is 3. The maximum atomic E-state index is 5.54. The molecule has 0 bridgehead atoms. The van der Waals surface area contributed by atoms with Gasteiger partial charge in [0.1, 0.15) is 5.84 Å². The second kappa shape index (κ2) is 3.22. The lowest BCUT2D eigenvalue weighted by atomic mass is 10.2. The van der Waals surface area contributed by atoms with Crippen LogP contribution in [0, 0.1) is 0 Å². The molecule has 0 aromatic carbocycles. The first-order valence-corrected chi connectivity index (χ1v) is 3.28. The monoisotopic (exact) mass is 140 g/mol. The van der Waals surface area contributed by atoms with Crippen LogP contribution in [0.15, 0.2) is 16.8 Å². The van der Waals surface area contributed by atoms with Crippen LogP contribution in [-0.2, 0) is 0 Å². The summed E-state index contributed by atoms with van der Waals surface area (Å²) < 4.78 is 0. The van der Waals surface area contributed by atoms with E-state index < -0.39 is 0 Å². The minimum Gasteiger partial charge on any atom is -0.382 e. The zero-order valence-electron chi connectivity index (χ0n) is 6.02. The van der Waals surface area contributed by atoms with Gasteiger partial charge in [0, 0.05) is 13.6 Å². The van der Waals surface area contributed by atoms with Crippen molar-refractivity contribution in [2.45, 2.75) is 6.42 Å². The lowest BCUT2D eigenvalue weighted by Gasteiger charge is -2.12. The molecule has 1 heterocycles. The molecule has 0 spiro atoms. The quantitative estimate of drug-likeness (QED) is 0.447. The van der Waals surface area contributed by atoms with E-state index in [9.17, 15) is 0 Å². The van der Waals surface area contributed by atoms with Gasteiger partial charge in [-0.15, -0.1) is 0 Å². The third-order valence-electron chi connectivity index (χ3n) is 1.30. The summed E-state index contributed by atoms with van der Waals surface area (Å²) in [5.74, 6) is 0.584. The molecule has 0 aromatic rings. The molecule has 1 aliphatic heterocycles. The van der Waals surface area contributed by atoms with Gasteiger partial charge in [-0.1, -0.05) is 6.08 Å². The summed E-state index contributed by atoms with van der Waals surface area (Å²) in [6, 6.07) is 0. The van der Waals surface area contributed by atoms with E-state index in [1.165, 1.54) is 0 Å². The number of dihydropyridines is 1. The Morgan fingerprint density at radius 2 is 2.50 bits per heavy atom. The summed E-state index contributed by atoms with van der Waals surface area (Å²) in [6.45, 7) is 0.806. The molecule has 4 heteroatoms. The van der Waals surface area contributed by atoms with E-state index in [2.05, 4.69) is 15.8 Å². The maximum absolute atomic E-state index is 5.54. The average molecular weight is 140 g/mol. The molecule has 0 aliphatic carbocycles. The van der Waals surface area contributed by atoms with Gasteiger partial charge in [0.25, 0.3) is 0 Å². The lowest BCUT2D eigenvalue weighted by molar-refractivity contribution is 0.700. The molecular weight excluding hydrogens is 128 g/mol. The van der Waals surface area contributed by atoms with Crippen molar-refractivity contribution in [1.82, 2.24) is 10.9 Å². The molecule has 0 atom stereocenters. The minimum atomic E-state index is 0.584. The van der Waals surface area contributed by atoms with E-state index in [0.29, 0.717) is 5.84 Å². The van der Waals surface area contributed by atoms with Crippen molar-refractivity contribution in [2.24, 2.45) is 10.7 Å². The molecule has 0 fully saturated rings. The normalized spacial score (nSPS) is 17.7. The molecule has 10 heavy (non-hydrogen) atoms. The van der Waals surface area contributed by atoms with Crippen molar-refractivity contribution in [2.75, 3.05) is 13.6 Å².